The molecule has 1 aromatic carbocycles. The zero-order valence-electron chi connectivity index (χ0n) is 14.8. The molecule has 1 aliphatic rings. The van der Waals surface area contributed by atoms with Gasteiger partial charge in [-0.3, -0.25) is 4.79 Å². The van der Waals surface area contributed by atoms with Gasteiger partial charge in [0.2, 0.25) is 11.9 Å². The Morgan fingerprint density at radius 1 is 1.20 bits per heavy atom. The van der Waals surface area contributed by atoms with Crippen LogP contribution >= 0.6 is 0 Å². The summed E-state index contributed by atoms with van der Waals surface area (Å²) < 4.78 is 0. The monoisotopic (exact) mass is 338 g/mol. The zero-order valence-corrected chi connectivity index (χ0v) is 14.8. The Kier molecular flexibility index (Phi) is 5.99. The first-order chi connectivity index (χ1) is 12.2. The Hall–Kier alpha value is -2.43. The molecule has 0 aliphatic carbocycles. The van der Waals surface area contributed by atoms with E-state index in [1.807, 2.05) is 19.1 Å². The number of amides is 1. The number of benzene rings is 1. The van der Waals surface area contributed by atoms with Crippen LogP contribution in [0.15, 0.2) is 42.6 Å². The Morgan fingerprint density at radius 2 is 1.96 bits per heavy atom. The van der Waals surface area contributed by atoms with Crippen molar-refractivity contribution < 1.29 is 4.79 Å². The van der Waals surface area contributed by atoms with E-state index < -0.39 is 0 Å². The molecule has 0 unspecified atom stereocenters. The summed E-state index contributed by atoms with van der Waals surface area (Å²) in [6.07, 6.45) is 5.50. The van der Waals surface area contributed by atoms with Crippen molar-refractivity contribution in [3.8, 4) is 0 Å². The molecule has 1 fully saturated rings. The van der Waals surface area contributed by atoms with Crippen LogP contribution in [0.3, 0.4) is 0 Å². The molecule has 1 N–H and O–H groups in total. The summed E-state index contributed by atoms with van der Waals surface area (Å²) in [5, 5.41) is 3.10. The maximum atomic E-state index is 12.3. The fraction of sp³-hybridized carbons (Fsp3) is 0.450. The molecule has 0 spiro atoms. The van der Waals surface area contributed by atoms with Crippen molar-refractivity contribution >= 4 is 11.9 Å². The van der Waals surface area contributed by atoms with E-state index >= 15 is 0 Å². The second-order valence-corrected chi connectivity index (χ2v) is 6.64. The van der Waals surface area contributed by atoms with Gasteiger partial charge in [-0.25, -0.2) is 9.97 Å². The number of piperidine rings is 1. The van der Waals surface area contributed by atoms with Crippen molar-refractivity contribution in [2.75, 3.05) is 24.5 Å². The van der Waals surface area contributed by atoms with E-state index in [-0.39, 0.29) is 11.8 Å². The minimum atomic E-state index is 0.109. The van der Waals surface area contributed by atoms with E-state index in [1.54, 1.807) is 6.20 Å². The molecule has 0 bridgehead atoms. The van der Waals surface area contributed by atoms with Gasteiger partial charge in [0.25, 0.3) is 0 Å². The van der Waals surface area contributed by atoms with Crippen LogP contribution in [0.25, 0.3) is 0 Å². The quantitative estimate of drug-likeness (QED) is 0.823. The van der Waals surface area contributed by atoms with Gasteiger partial charge < -0.3 is 10.2 Å². The normalized spacial score (nSPS) is 15.2. The van der Waals surface area contributed by atoms with Gasteiger partial charge in [-0.1, -0.05) is 30.3 Å². The third kappa shape index (κ3) is 5.02. The van der Waals surface area contributed by atoms with Crippen molar-refractivity contribution in [3.05, 3.63) is 53.9 Å². The summed E-state index contributed by atoms with van der Waals surface area (Å²) in [5.74, 6) is 1.08. The van der Waals surface area contributed by atoms with Crippen LogP contribution < -0.4 is 10.2 Å². The van der Waals surface area contributed by atoms with Crippen LogP contribution in [-0.2, 0) is 11.2 Å². The first kappa shape index (κ1) is 17.4. The fourth-order valence-corrected chi connectivity index (χ4v) is 3.22. The molecular weight excluding hydrogens is 312 g/mol. The Balaban J connectivity index is 1.38. The molecule has 2 heterocycles. The van der Waals surface area contributed by atoms with Gasteiger partial charge in [0.1, 0.15) is 0 Å². The summed E-state index contributed by atoms with van der Waals surface area (Å²) in [7, 11) is 0. The van der Waals surface area contributed by atoms with E-state index in [4.69, 9.17) is 0 Å². The largest absolute Gasteiger partial charge is 0.356 e. The average Bonchev–Trinajstić information content (AvgIpc) is 2.66. The van der Waals surface area contributed by atoms with E-state index in [0.717, 1.165) is 57.0 Å². The molecule has 25 heavy (non-hydrogen) atoms. The summed E-state index contributed by atoms with van der Waals surface area (Å²) in [6, 6.07) is 12.3. The minimum Gasteiger partial charge on any atom is -0.356 e. The number of nitrogens with one attached hydrogen (secondary N) is 1. The topological polar surface area (TPSA) is 58.1 Å². The summed E-state index contributed by atoms with van der Waals surface area (Å²) in [6.45, 7) is 4.40. The molecular formula is C20H26N4O. The van der Waals surface area contributed by atoms with Crippen molar-refractivity contribution in [2.45, 2.75) is 32.6 Å². The maximum absolute atomic E-state index is 12.3. The molecule has 1 saturated heterocycles. The van der Waals surface area contributed by atoms with Gasteiger partial charge in [0.05, 0.1) is 0 Å². The fourth-order valence-electron chi connectivity index (χ4n) is 3.22. The van der Waals surface area contributed by atoms with Crippen LogP contribution in [-0.4, -0.2) is 35.5 Å². The molecule has 2 aromatic rings. The lowest BCUT2D eigenvalue weighted by molar-refractivity contribution is -0.125. The highest BCUT2D eigenvalue weighted by Crippen LogP contribution is 2.20. The first-order valence-electron chi connectivity index (χ1n) is 9.08. The van der Waals surface area contributed by atoms with E-state index in [1.165, 1.54) is 5.56 Å². The average molecular weight is 338 g/mol. The van der Waals surface area contributed by atoms with Gasteiger partial charge in [0.15, 0.2) is 0 Å². The van der Waals surface area contributed by atoms with Gasteiger partial charge >= 0.3 is 0 Å². The van der Waals surface area contributed by atoms with Crippen LogP contribution in [0.5, 0.6) is 0 Å². The lowest BCUT2D eigenvalue weighted by atomic mass is 9.96. The molecule has 0 atom stereocenters. The van der Waals surface area contributed by atoms with Crippen molar-refractivity contribution in [2.24, 2.45) is 5.92 Å². The molecule has 0 radical (unpaired) electrons. The lowest BCUT2D eigenvalue weighted by Crippen LogP contribution is -2.41. The van der Waals surface area contributed by atoms with Gasteiger partial charge in [-0.15, -0.1) is 0 Å². The zero-order chi connectivity index (χ0) is 17.5. The molecule has 132 valence electrons. The predicted octanol–water partition coefficient (Wildman–Crippen LogP) is 2.75. The Labute approximate surface area is 149 Å². The highest BCUT2D eigenvalue weighted by atomic mass is 16.1. The Bertz CT molecular complexity index is 681. The van der Waals surface area contributed by atoms with Crippen LogP contribution in [0.1, 0.15) is 30.5 Å². The van der Waals surface area contributed by atoms with E-state index in [0.29, 0.717) is 0 Å². The van der Waals surface area contributed by atoms with Crippen LogP contribution in [0.2, 0.25) is 0 Å². The van der Waals surface area contributed by atoms with Crippen molar-refractivity contribution in [3.63, 3.8) is 0 Å². The third-order valence-electron chi connectivity index (χ3n) is 4.71. The molecule has 5 nitrogen and oxygen atoms in total. The van der Waals surface area contributed by atoms with Crippen molar-refractivity contribution in [1.29, 1.82) is 0 Å². The number of rotatable bonds is 6. The summed E-state index contributed by atoms with van der Waals surface area (Å²) >= 11 is 0. The highest BCUT2D eigenvalue weighted by molar-refractivity contribution is 5.78. The van der Waals surface area contributed by atoms with Crippen LogP contribution in [0.4, 0.5) is 5.95 Å². The second kappa shape index (κ2) is 8.60. The SMILES string of the molecule is Cc1ccnc(N2CCC(C(=O)NCCCc3ccccc3)CC2)n1. The lowest BCUT2D eigenvalue weighted by Gasteiger charge is -2.31. The molecule has 1 aromatic heterocycles. The standard InChI is InChI=1S/C20H26N4O/c1-16-9-13-22-20(23-16)24-14-10-18(11-15-24)19(25)21-12-5-8-17-6-3-2-4-7-17/h2-4,6-7,9,13,18H,5,8,10-12,14-15H2,1H3,(H,21,25). The smallest absolute Gasteiger partial charge is 0.225 e. The second-order valence-electron chi connectivity index (χ2n) is 6.64. The molecule has 0 saturated carbocycles. The van der Waals surface area contributed by atoms with E-state index in [2.05, 4.69) is 44.5 Å². The van der Waals surface area contributed by atoms with Crippen molar-refractivity contribution in [1.82, 2.24) is 15.3 Å². The number of aromatic nitrogens is 2. The van der Waals surface area contributed by atoms with Gasteiger partial charge in [0, 0.05) is 37.4 Å². The number of anilines is 1. The number of carbonyl (C=O) groups is 1. The molecule has 3 rings (SSSR count). The highest BCUT2D eigenvalue weighted by Gasteiger charge is 2.25. The number of hydrogen-bond acceptors (Lipinski definition) is 4. The number of aryl methyl sites for hydroxylation is 2. The summed E-state index contributed by atoms with van der Waals surface area (Å²) in [5.41, 5.74) is 2.30. The molecule has 1 amide bonds. The molecule has 5 heteroatoms. The Morgan fingerprint density at radius 3 is 2.68 bits per heavy atom. The van der Waals surface area contributed by atoms with Gasteiger partial charge in [-0.05, 0) is 44.2 Å². The number of carbonyl (C=O) groups excluding carboxylic acids is 1. The molecule has 1 aliphatic heterocycles. The number of nitrogens with zero attached hydrogens (tertiary/aromatic N) is 3. The van der Waals surface area contributed by atoms with E-state index in [9.17, 15) is 4.79 Å². The minimum absolute atomic E-state index is 0.109. The first-order valence-corrected chi connectivity index (χ1v) is 9.08. The predicted molar refractivity (Wildman–Crippen MR) is 99.5 cm³/mol. The third-order valence-corrected chi connectivity index (χ3v) is 4.71. The van der Waals surface area contributed by atoms with Gasteiger partial charge in [-0.2, -0.15) is 0 Å². The maximum Gasteiger partial charge on any atom is 0.225 e. The summed E-state index contributed by atoms with van der Waals surface area (Å²) in [4.78, 5) is 23.3. The number of hydrogen-bond donors (Lipinski definition) is 1. The van der Waals surface area contributed by atoms with Crippen LogP contribution in [0, 0.1) is 12.8 Å².